The van der Waals surface area contributed by atoms with Gasteiger partial charge in [0.2, 0.25) is 0 Å². The van der Waals surface area contributed by atoms with Gasteiger partial charge in [-0.05, 0) is 60.7 Å². The van der Waals surface area contributed by atoms with Crippen LogP contribution in [0.15, 0.2) is 53.9 Å². The smallest absolute Gasteiger partial charge is 0.266 e. The normalized spacial score (nSPS) is 15.4. The van der Waals surface area contributed by atoms with Crippen molar-refractivity contribution in [2.75, 3.05) is 31.5 Å². The third-order valence-electron chi connectivity index (χ3n) is 6.52. The summed E-state index contributed by atoms with van der Waals surface area (Å²) in [5.41, 5.74) is 5.17. The van der Waals surface area contributed by atoms with Crippen molar-refractivity contribution in [3.8, 4) is 0 Å². The minimum Gasteiger partial charge on any atom is -0.321 e. The van der Waals surface area contributed by atoms with Crippen LogP contribution in [0.25, 0.3) is 23.1 Å². The number of fused-ring (bicyclic) bond motifs is 1. The van der Waals surface area contributed by atoms with E-state index in [1.165, 1.54) is 11.3 Å². The Morgan fingerprint density at radius 1 is 1.11 bits per heavy atom. The summed E-state index contributed by atoms with van der Waals surface area (Å²) in [5.74, 6) is -0.100. The van der Waals surface area contributed by atoms with Crippen LogP contribution in [0.3, 0.4) is 0 Å². The molecule has 0 aliphatic carbocycles. The van der Waals surface area contributed by atoms with E-state index in [1.807, 2.05) is 73.0 Å². The van der Waals surface area contributed by atoms with Crippen molar-refractivity contribution in [2.45, 2.75) is 19.9 Å². The number of nitrogens with zero attached hydrogens (tertiary/aromatic N) is 2. The number of para-hydroxylation sites is 1. The van der Waals surface area contributed by atoms with Crippen molar-refractivity contribution < 1.29 is 9.59 Å². The number of carbonyl (C=O) groups excluding carboxylic acids is 2. The Balaban J connectivity index is 1.52. The van der Waals surface area contributed by atoms with Crippen LogP contribution >= 0.6 is 11.3 Å². The van der Waals surface area contributed by atoms with Crippen molar-refractivity contribution in [3.63, 3.8) is 0 Å². The first-order chi connectivity index (χ1) is 17.5. The average molecular weight is 500 g/mol. The number of hydrogen-bond acceptors (Lipinski definition) is 6. The van der Waals surface area contributed by atoms with E-state index in [0.29, 0.717) is 10.6 Å². The van der Waals surface area contributed by atoms with E-state index in [-0.39, 0.29) is 11.7 Å². The molecule has 7 nitrogen and oxygen atoms in total. The number of thiophene rings is 1. The molecule has 2 aromatic heterocycles. The van der Waals surface area contributed by atoms with Crippen LogP contribution < -0.4 is 10.6 Å². The van der Waals surface area contributed by atoms with Crippen LogP contribution in [0.2, 0.25) is 0 Å². The van der Waals surface area contributed by atoms with Crippen molar-refractivity contribution in [1.29, 1.82) is 0 Å². The first kappa shape index (κ1) is 24.1. The molecule has 184 valence electrons. The minimum absolute atomic E-state index is 0.0547. The highest BCUT2D eigenvalue weighted by atomic mass is 32.1. The number of aromatic nitrogens is 2. The largest absolute Gasteiger partial charge is 0.321 e. The first-order valence-corrected chi connectivity index (χ1v) is 12.9. The Labute approximate surface area is 214 Å². The third kappa shape index (κ3) is 5.02. The van der Waals surface area contributed by atoms with E-state index in [0.717, 1.165) is 59.5 Å². The van der Waals surface area contributed by atoms with Gasteiger partial charge in [-0.1, -0.05) is 30.3 Å². The second-order valence-corrected chi connectivity index (χ2v) is 9.94. The lowest BCUT2D eigenvalue weighted by molar-refractivity contribution is -0.122. The number of ketones is 1. The summed E-state index contributed by atoms with van der Waals surface area (Å²) in [7, 11) is 0. The van der Waals surface area contributed by atoms with E-state index in [1.54, 1.807) is 6.92 Å². The average Bonchev–Trinajstić information content (AvgIpc) is 3.50. The number of hydrogen-bond donors (Lipinski definition) is 3. The van der Waals surface area contributed by atoms with Gasteiger partial charge in [0, 0.05) is 42.8 Å². The maximum Gasteiger partial charge on any atom is 0.266 e. The zero-order valence-electron chi connectivity index (χ0n) is 20.4. The number of aromatic amines is 1. The lowest BCUT2D eigenvalue weighted by Crippen LogP contribution is -2.47. The highest BCUT2D eigenvalue weighted by Gasteiger charge is 2.29. The van der Waals surface area contributed by atoms with Crippen molar-refractivity contribution in [2.24, 2.45) is 0 Å². The number of piperazine rings is 1. The Morgan fingerprint density at radius 3 is 2.67 bits per heavy atom. The van der Waals surface area contributed by atoms with Gasteiger partial charge in [0.05, 0.1) is 22.1 Å². The van der Waals surface area contributed by atoms with Gasteiger partial charge in [0.15, 0.2) is 5.78 Å². The fourth-order valence-corrected chi connectivity index (χ4v) is 5.53. The molecule has 3 heterocycles. The Morgan fingerprint density at radius 2 is 1.92 bits per heavy atom. The second kappa shape index (κ2) is 10.6. The predicted octanol–water partition coefficient (Wildman–Crippen LogP) is 4.89. The molecular weight excluding hydrogens is 470 g/mol. The Kier molecular flexibility index (Phi) is 7.09. The Bertz CT molecular complexity index is 1430. The Hall–Kier alpha value is -3.59. The number of amides is 1. The maximum atomic E-state index is 13.1. The molecule has 0 radical (unpaired) electrons. The molecule has 1 saturated heterocycles. The van der Waals surface area contributed by atoms with Gasteiger partial charge in [0.1, 0.15) is 0 Å². The molecule has 1 fully saturated rings. The lowest BCUT2D eigenvalue weighted by Gasteiger charge is -2.34. The number of carbonyl (C=O) groups is 2. The molecule has 5 rings (SSSR count). The number of benzene rings is 2. The van der Waals surface area contributed by atoms with Crippen molar-refractivity contribution >= 4 is 51.8 Å². The third-order valence-corrected chi connectivity index (χ3v) is 7.54. The van der Waals surface area contributed by atoms with Crippen LogP contribution in [0, 0.1) is 6.92 Å². The van der Waals surface area contributed by atoms with Gasteiger partial charge in [-0.25, -0.2) is 0 Å². The summed E-state index contributed by atoms with van der Waals surface area (Å²) in [5, 5.41) is 16.9. The summed E-state index contributed by atoms with van der Waals surface area (Å²) in [4.78, 5) is 28.9. The van der Waals surface area contributed by atoms with Gasteiger partial charge in [-0.2, -0.15) is 5.10 Å². The zero-order chi connectivity index (χ0) is 25.1. The molecule has 1 amide bonds. The van der Waals surface area contributed by atoms with Crippen molar-refractivity contribution in [3.05, 3.63) is 81.2 Å². The summed E-state index contributed by atoms with van der Waals surface area (Å²) < 4.78 is 0. The molecule has 3 N–H and O–H groups in total. The molecule has 0 bridgehead atoms. The molecule has 4 aromatic rings. The molecule has 0 spiro atoms. The molecule has 1 atom stereocenters. The number of anilines is 1. The number of rotatable bonds is 7. The van der Waals surface area contributed by atoms with E-state index in [2.05, 4.69) is 25.7 Å². The summed E-state index contributed by atoms with van der Waals surface area (Å²) in [6.07, 6.45) is 3.97. The van der Waals surface area contributed by atoms with Gasteiger partial charge in [-0.3, -0.25) is 19.6 Å². The van der Waals surface area contributed by atoms with Crippen LogP contribution in [0.4, 0.5) is 5.69 Å². The number of nitrogens with one attached hydrogen (secondary N) is 3. The van der Waals surface area contributed by atoms with Crippen LogP contribution in [-0.2, 0) is 4.79 Å². The topological polar surface area (TPSA) is 90.1 Å². The highest BCUT2D eigenvalue weighted by molar-refractivity contribution is 7.12. The van der Waals surface area contributed by atoms with Gasteiger partial charge < -0.3 is 10.6 Å². The fraction of sp³-hybridized carbons (Fsp3) is 0.250. The summed E-state index contributed by atoms with van der Waals surface area (Å²) >= 11 is 1.42. The highest BCUT2D eigenvalue weighted by Crippen LogP contribution is 2.32. The van der Waals surface area contributed by atoms with E-state index >= 15 is 0 Å². The molecule has 36 heavy (non-hydrogen) atoms. The van der Waals surface area contributed by atoms with E-state index in [9.17, 15) is 9.59 Å². The number of Topliss-reactive ketones (excluding diaryl/α,β-unsaturated/α-hetero) is 1. The molecule has 1 aliphatic rings. The van der Waals surface area contributed by atoms with Crippen LogP contribution in [0.1, 0.15) is 45.0 Å². The van der Waals surface area contributed by atoms with E-state index < -0.39 is 6.04 Å². The van der Waals surface area contributed by atoms with Gasteiger partial charge in [0.25, 0.3) is 5.91 Å². The molecule has 0 saturated carbocycles. The monoisotopic (exact) mass is 499 g/mol. The molecule has 1 aliphatic heterocycles. The maximum absolute atomic E-state index is 13.1. The minimum atomic E-state index is -0.439. The molecule has 2 aromatic carbocycles. The summed E-state index contributed by atoms with van der Waals surface area (Å²) in [6, 6.07) is 15.4. The molecule has 8 heteroatoms. The van der Waals surface area contributed by atoms with Gasteiger partial charge in [-0.15, -0.1) is 11.3 Å². The van der Waals surface area contributed by atoms with Crippen LogP contribution in [0.5, 0.6) is 0 Å². The van der Waals surface area contributed by atoms with E-state index in [4.69, 9.17) is 0 Å². The molecular formula is C28H29N5O2S. The number of aryl methyl sites for hydroxylation is 1. The predicted molar refractivity (Wildman–Crippen MR) is 146 cm³/mol. The molecule has 1 unspecified atom stereocenters. The standard InChI is InChI=1S/C28H29N5O2S/c1-18-11-16-36-27(18)28(35)30-23-9-7-20(8-10-25-21-5-3-4-6-24(21)31-32-25)17-22(23)26(19(2)34)33-14-12-29-13-15-33/h3-11,16-17,26,29H,12-15H2,1-2H3,(H,30,35)(H,31,32). The second-order valence-electron chi connectivity index (χ2n) is 9.02. The fourth-order valence-electron chi connectivity index (χ4n) is 4.71. The SMILES string of the molecule is CC(=O)C(c1cc(C=Cc2n[nH]c3ccccc23)ccc1NC(=O)c1sccc1C)N1CCNCC1. The first-order valence-electron chi connectivity index (χ1n) is 12.1. The number of H-pyrrole nitrogens is 1. The quantitative estimate of drug-likeness (QED) is 0.337. The summed E-state index contributed by atoms with van der Waals surface area (Å²) in [6.45, 7) is 6.73. The van der Waals surface area contributed by atoms with Gasteiger partial charge >= 0.3 is 0 Å². The van der Waals surface area contributed by atoms with Crippen molar-refractivity contribution in [1.82, 2.24) is 20.4 Å². The van der Waals surface area contributed by atoms with Crippen LogP contribution in [-0.4, -0.2) is 53.0 Å². The lowest BCUT2D eigenvalue weighted by atomic mass is 9.96. The zero-order valence-corrected chi connectivity index (χ0v) is 21.2.